The van der Waals surface area contributed by atoms with E-state index in [0.29, 0.717) is 0 Å². The Hall–Kier alpha value is -0.730. The van der Waals surface area contributed by atoms with Gasteiger partial charge in [-0.25, -0.2) is 0 Å². The molecule has 1 aliphatic heterocycles. The fourth-order valence-electron chi connectivity index (χ4n) is 1.82. The summed E-state index contributed by atoms with van der Waals surface area (Å²) >= 11 is 1.51. The predicted molar refractivity (Wildman–Crippen MR) is 62.8 cm³/mol. The molecule has 0 N–H and O–H groups in total. The minimum absolute atomic E-state index is 0.107. The summed E-state index contributed by atoms with van der Waals surface area (Å²) in [5.41, 5.74) is -0.107. The second kappa shape index (κ2) is 5.38. The molecule has 0 aliphatic carbocycles. The number of amidine groups is 1. The number of hydrogen-bond donors (Lipinski definition) is 0. The lowest BCUT2D eigenvalue weighted by Gasteiger charge is -2.40. The second-order valence-corrected chi connectivity index (χ2v) is 4.65. The number of ether oxygens (including phenoxy) is 1. The summed E-state index contributed by atoms with van der Waals surface area (Å²) in [4.78, 5) is 5.95. The Labute approximate surface area is 95.3 Å². The van der Waals surface area contributed by atoms with Gasteiger partial charge in [0.1, 0.15) is 0 Å². The molecule has 15 heavy (non-hydrogen) atoms. The van der Waals surface area contributed by atoms with E-state index in [9.17, 15) is 0 Å². The fourth-order valence-corrected chi connectivity index (χ4v) is 2.37. The van der Waals surface area contributed by atoms with Crippen LogP contribution in [0.4, 0.5) is 0 Å². The molecule has 0 saturated carbocycles. The zero-order valence-electron chi connectivity index (χ0n) is 9.49. The molecule has 4 nitrogen and oxygen atoms in total. The van der Waals surface area contributed by atoms with Gasteiger partial charge < -0.3 is 9.64 Å². The van der Waals surface area contributed by atoms with Crippen molar-refractivity contribution in [3.05, 3.63) is 0 Å². The van der Waals surface area contributed by atoms with Crippen LogP contribution in [0.3, 0.4) is 0 Å². The number of hydrogen-bond acceptors (Lipinski definition) is 4. The zero-order valence-corrected chi connectivity index (χ0v) is 10.3. The fraction of sp³-hybridized carbons (Fsp3) is 0.800. The number of likely N-dealkylation sites (tertiary alicyclic amines) is 1. The molecule has 5 heteroatoms. The largest absolute Gasteiger partial charge is 0.377 e. The number of rotatable bonds is 1. The van der Waals surface area contributed by atoms with Crippen molar-refractivity contribution in [2.75, 3.05) is 26.5 Å². The smallest absolute Gasteiger partial charge is 0.208 e. The van der Waals surface area contributed by atoms with Crippen LogP contribution in [0.5, 0.6) is 0 Å². The molecule has 1 heterocycles. The highest BCUT2D eigenvalue weighted by Gasteiger charge is 2.31. The minimum Gasteiger partial charge on any atom is -0.377 e. The van der Waals surface area contributed by atoms with E-state index in [4.69, 9.17) is 10.00 Å². The molecule has 1 rings (SSSR count). The normalized spacial score (nSPS) is 27.6. The summed E-state index contributed by atoms with van der Waals surface area (Å²) in [6.45, 7) is 3.87. The Morgan fingerprint density at radius 3 is 2.93 bits per heavy atom. The average molecular weight is 227 g/mol. The summed E-state index contributed by atoms with van der Waals surface area (Å²) in [5, 5.41) is 9.37. The van der Waals surface area contributed by atoms with E-state index >= 15 is 0 Å². The SMILES string of the molecule is COC1(C)CCCN(C(=NC#N)SC)C1. The summed E-state index contributed by atoms with van der Waals surface area (Å²) in [5.74, 6) is 0. The standard InChI is InChI=1S/C10H17N3OS/c1-10(14-2)5-4-6-13(7-10)9(15-3)12-8-11/h4-7H2,1-3H3. The maximum Gasteiger partial charge on any atom is 0.208 e. The quantitative estimate of drug-likeness (QED) is 0.388. The van der Waals surface area contributed by atoms with Crippen LogP contribution in [-0.2, 0) is 4.74 Å². The molecule has 1 unspecified atom stereocenters. The Bertz CT molecular complexity index is 287. The first kappa shape index (κ1) is 12.3. The van der Waals surface area contributed by atoms with Crippen LogP contribution in [0.1, 0.15) is 19.8 Å². The van der Waals surface area contributed by atoms with E-state index in [1.807, 2.05) is 12.4 Å². The first-order valence-corrected chi connectivity index (χ1v) is 6.18. The first-order chi connectivity index (χ1) is 7.15. The van der Waals surface area contributed by atoms with Gasteiger partial charge in [-0.1, -0.05) is 11.8 Å². The molecule has 0 bridgehead atoms. The molecule has 84 valence electrons. The molecule has 0 spiro atoms. The third-order valence-corrected chi connectivity index (χ3v) is 3.47. The van der Waals surface area contributed by atoms with Gasteiger partial charge in [0.15, 0.2) is 5.17 Å². The third-order valence-electron chi connectivity index (χ3n) is 2.75. The summed E-state index contributed by atoms with van der Waals surface area (Å²) in [7, 11) is 1.74. The highest BCUT2D eigenvalue weighted by atomic mass is 32.2. The topological polar surface area (TPSA) is 48.6 Å². The van der Waals surface area contributed by atoms with Crippen molar-refractivity contribution >= 4 is 16.9 Å². The van der Waals surface area contributed by atoms with Gasteiger partial charge in [0.25, 0.3) is 0 Å². The molecule has 1 atom stereocenters. The van der Waals surface area contributed by atoms with E-state index in [1.54, 1.807) is 7.11 Å². The number of nitriles is 1. The van der Waals surface area contributed by atoms with E-state index < -0.39 is 0 Å². The van der Waals surface area contributed by atoms with Crippen LogP contribution < -0.4 is 0 Å². The highest BCUT2D eigenvalue weighted by molar-refractivity contribution is 8.13. The van der Waals surface area contributed by atoms with Crippen molar-refractivity contribution in [3.8, 4) is 6.19 Å². The number of methoxy groups -OCH3 is 1. The van der Waals surface area contributed by atoms with E-state index in [1.165, 1.54) is 11.8 Å². The van der Waals surface area contributed by atoms with Crippen LogP contribution in [0.2, 0.25) is 0 Å². The monoisotopic (exact) mass is 227 g/mol. The zero-order chi connectivity index (χ0) is 11.3. The summed E-state index contributed by atoms with van der Waals surface area (Å²) in [6.07, 6.45) is 5.93. The van der Waals surface area contributed by atoms with Gasteiger partial charge in [0, 0.05) is 20.2 Å². The Kier molecular flexibility index (Phi) is 4.43. The molecule has 1 fully saturated rings. The molecule has 0 aromatic carbocycles. The molecule has 0 aromatic rings. The van der Waals surface area contributed by atoms with Crippen molar-refractivity contribution in [3.63, 3.8) is 0 Å². The van der Waals surface area contributed by atoms with Gasteiger partial charge in [-0.15, -0.1) is 4.99 Å². The van der Waals surface area contributed by atoms with Gasteiger partial charge in [0.05, 0.1) is 5.60 Å². The average Bonchev–Trinajstić information content (AvgIpc) is 2.26. The van der Waals surface area contributed by atoms with Crippen LogP contribution in [-0.4, -0.2) is 42.1 Å². The van der Waals surface area contributed by atoms with Crippen molar-refractivity contribution in [2.45, 2.75) is 25.4 Å². The summed E-state index contributed by atoms with van der Waals surface area (Å²) in [6, 6.07) is 0. The minimum atomic E-state index is -0.107. The lowest BCUT2D eigenvalue weighted by molar-refractivity contribution is -0.0341. The number of thioether (sulfide) groups is 1. The van der Waals surface area contributed by atoms with Crippen LogP contribution in [0, 0.1) is 11.5 Å². The van der Waals surface area contributed by atoms with Gasteiger partial charge in [-0.05, 0) is 26.0 Å². The van der Waals surface area contributed by atoms with Gasteiger partial charge in [-0.3, -0.25) is 0 Å². The lowest BCUT2D eigenvalue weighted by atomic mass is 9.95. The molecule has 0 aromatic heterocycles. The Morgan fingerprint density at radius 1 is 1.67 bits per heavy atom. The van der Waals surface area contributed by atoms with Gasteiger partial charge in [0.2, 0.25) is 6.19 Å². The lowest BCUT2D eigenvalue weighted by Crippen LogP contribution is -2.48. The second-order valence-electron chi connectivity index (χ2n) is 3.88. The number of aliphatic imine (C=N–C) groups is 1. The predicted octanol–water partition coefficient (Wildman–Crippen LogP) is 1.69. The third kappa shape index (κ3) is 3.11. The van der Waals surface area contributed by atoms with Crippen molar-refractivity contribution in [1.82, 2.24) is 4.90 Å². The molecule has 1 aliphatic rings. The first-order valence-electron chi connectivity index (χ1n) is 4.96. The Balaban J connectivity index is 2.71. The van der Waals surface area contributed by atoms with E-state index in [0.717, 1.165) is 31.1 Å². The van der Waals surface area contributed by atoms with Crippen LogP contribution >= 0.6 is 11.8 Å². The molecule has 0 amide bonds. The van der Waals surface area contributed by atoms with Crippen molar-refractivity contribution < 1.29 is 4.74 Å². The maximum atomic E-state index is 8.58. The highest BCUT2D eigenvalue weighted by Crippen LogP contribution is 2.25. The van der Waals surface area contributed by atoms with E-state index in [-0.39, 0.29) is 5.60 Å². The van der Waals surface area contributed by atoms with Crippen molar-refractivity contribution in [2.24, 2.45) is 4.99 Å². The van der Waals surface area contributed by atoms with Gasteiger partial charge in [-0.2, -0.15) is 5.26 Å². The molecular formula is C10H17N3OS. The maximum absolute atomic E-state index is 8.58. The number of nitrogens with zero attached hydrogens (tertiary/aromatic N) is 3. The van der Waals surface area contributed by atoms with Crippen LogP contribution in [0.25, 0.3) is 0 Å². The molecule has 1 saturated heterocycles. The van der Waals surface area contributed by atoms with Gasteiger partial charge >= 0.3 is 0 Å². The molecule has 0 radical (unpaired) electrons. The van der Waals surface area contributed by atoms with Crippen LogP contribution in [0.15, 0.2) is 4.99 Å². The van der Waals surface area contributed by atoms with E-state index in [2.05, 4.69) is 16.8 Å². The molecular weight excluding hydrogens is 210 g/mol. The Morgan fingerprint density at radius 2 is 2.40 bits per heavy atom. The number of piperidine rings is 1. The summed E-state index contributed by atoms with van der Waals surface area (Å²) < 4.78 is 5.49. The van der Waals surface area contributed by atoms with Crippen molar-refractivity contribution in [1.29, 1.82) is 5.26 Å².